The van der Waals surface area contributed by atoms with Gasteiger partial charge in [0.1, 0.15) is 17.8 Å². The molecule has 3 rings (SSSR count). The largest absolute Gasteiger partial charge is 0.383 e. The van der Waals surface area contributed by atoms with Gasteiger partial charge in [-0.1, -0.05) is 6.58 Å². The highest BCUT2D eigenvalue weighted by atomic mass is 32.5. The number of aliphatic hydroxyl groups is 1. The summed E-state index contributed by atoms with van der Waals surface area (Å²) in [6.45, 7) is 2.42. The fraction of sp³-hybridized carbons (Fsp3) is 0.583. The van der Waals surface area contributed by atoms with Crippen LogP contribution < -0.4 is 5.32 Å². The molecule has 1 unspecified atom stereocenters. The van der Waals surface area contributed by atoms with Crippen molar-refractivity contribution in [2.24, 2.45) is 0 Å². The molecule has 0 aliphatic carbocycles. The normalized spacial score (nSPS) is 44.9. The van der Waals surface area contributed by atoms with Gasteiger partial charge in [0.25, 0.3) is 0 Å². The maximum Gasteiger partial charge on any atom is 0.328 e. The molecule has 2 fully saturated rings. The van der Waals surface area contributed by atoms with E-state index in [9.17, 15) is 9.90 Å². The number of hydrogen-bond acceptors (Lipinski definition) is 7. The number of allylic oxidation sites excluding steroid dienone is 1. The number of nitrogens with one attached hydrogen (secondary N) is 1. The van der Waals surface area contributed by atoms with Crippen LogP contribution in [0.3, 0.4) is 0 Å². The van der Waals surface area contributed by atoms with Crippen LogP contribution in [0, 0.1) is 0 Å². The fourth-order valence-electron chi connectivity index (χ4n) is 2.64. The molecule has 0 radical (unpaired) electrons. The molecule has 0 aromatic rings. The molecule has 2 saturated heterocycles. The number of carbonyl (C=O) groups excluding carboxylic acids is 1. The molecule has 8 nitrogen and oxygen atoms in total. The van der Waals surface area contributed by atoms with E-state index < -0.39 is 36.8 Å². The molecule has 122 valence electrons. The number of urea groups is 1. The van der Waals surface area contributed by atoms with Crippen molar-refractivity contribution in [1.29, 1.82) is 0 Å². The molecule has 0 aromatic heterocycles. The van der Waals surface area contributed by atoms with Crippen LogP contribution in [0.1, 0.15) is 6.92 Å². The van der Waals surface area contributed by atoms with Gasteiger partial charge in [-0.05, 0) is 24.8 Å². The third-order valence-electron chi connectivity index (χ3n) is 3.77. The second-order valence-electron chi connectivity index (χ2n) is 5.38. The van der Waals surface area contributed by atoms with Gasteiger partial charge in [-0.2, -0.15) is 0 Å². The van der Waals surface area contributed by atoms with Crippen molar-refractivity contribution in [2.45, 2.75) is 31.0 Å². The molecule has 0 saturated carbocycles. The van der Waals surface area contributed by atoms with Crippen LogP contribution in [-0.4, -0.2) is 53.8 Å². The van der Waals surface area contributed by atoms with Gasteiger partial charge in [0.05, 0.1) is 6.61 Å². The van der Waals surface area contributed by atoms with Gasteiger partial charge < -0.3 is 24.2 Å². The molecule has 3 aliphatic heterocycles. The average molecular weight is 348 g/mol. The summed E-state index contributed by atoms with van der Waals surface area (Å²) in [5.74, 6) is 0. The minimum absolute atomic E-state index is 0.133. The molecule has 0 aromatic carbocycles. The minimum atomic E-state index is -2.89. The summed E-state index contributed by atoms with van der Waals surface area (Å²) in [6, 6.07) is -0.441. The monoisotopic (exact) mass is 348 g/mol. The SMILES string of the molecule is C=C1C=CN([C@@H]2O[C@@H]3COP(=S)(OC)O[C@H]3[C@@]2(C)O)C(=O)N1. The summed E-state index contributed by atoms with van der Waals surface area (Å²) >= 11 is 5.17. The van der Waals surface area contributed by atoms with Gasteiger partial charge in [0.15, 0.2) is 6.23 Å². The summed E-state index contributed by atoms with van der Waals surface area (Å²) in [5, 5.41) is 13.4. The van der Waals surface area contributed by atoms with Crippen LogP contribution >= 0.6 is 6.72 Å². The Bertz CT molecular complexity index is 594. The molecule has 2 amide bonds. The smallest absolute Gasteiger partial charge is 0.328 e. The van der Waals surface area contributed by atoms with E-state index in [1.807, 2.05) is 0 Å². The average Bonchev–Trinajstić information content (AvgIpc) is 2.71. The number of amides is 2. The highest BCUT2D eigenvalue weighted by Crippen LogP contribution is 2.57. The van der Waals surface area contributed by atoms with Crippen molar-refractivity contribution in [1.82, 2.24) is 10.2 Å². The van der Waals surface area contributed by atoms with E-state index >= 15 is 0 Å². The standard InChI is InChI=1S/C12H17N2O6PS/c1-7-4-5-14(11(15)13-7)10-12(2,16)9-8(19-10)6-18-21(22,17-3)20-9/h4-5,8-10,16H,1,6H2,2-3H3,(H,13,15)/t8-,9-,10-,12-,21?/m1/s1. The number of hydrogen-bond donors (Lipinski definition) is 2. The molecule has 2 N–H and O–H groups in total. The summed E-state index contributed by atoms with van der Waals surface area (Å²) in [6.07, 6.45) is 0.889. The summed E-state index contributed by atoms with van der Waals surface area (Å²) in [5.41, 5.74) is -1.01. The summed E-state index contributed by atoms with van der Waals surface area (Å²) in [7, 11) is 1.40. The Morgan fingerprint density at radius 3 is 3.05 bits per heavy atom. The van der Waals surface area contributed by atoms with Crippen LogP contribution in [0.4, 0.5) is 4.79 Å². The Kier molecular flexibility index (Phi) is 3.93. The van der Waals surface area contributed by atoms with Gasteiger partial charge in [-0.3, -0.25) is 9.42 Å². The lowest BCUT2D eigenvalue weighted by atomic mass is 9.96. The molecule has 0 spiro atoms. The number of carbonyl (C=O) groups is 1. The molecular weight excluding hydrogens is 331 g/mol. The van der Waals surface area contributed by atoms with Crippen molar-refractivity contribution in [2.75, 3.05) is 13.7 Å². The maximum atomic E-state index is 12.1. The van der Waals surface area contributed by atoms with Gasteiger partial charge in [-0.15, -0.1) is 0 Å². The minimum Gasteiger partial charge on any atom is -0.383 e. The highest BCUT2D eigenvalue weighted by Gasteiger charge is 2.60. The van der Waals surface area contributed by atoms with E-state index in [4.69, 9.17) is 30.1 Å². The zero-order valence-corrected chi connectivity index (χ0v) is 13.8. The number of nitrogens with zero attached hydrogens (tertiary/aromatic N) is 1. The van der Waals surface area contributed by atoms with Crippen LogP contribution in [0.25, 0.3) is 0 Å². The Labute approximate surface area is 132 Å². The van der Waals surface area contributed by atoms with E-state index in [2.05, 4.69) is 11.9 Å². The predicted molar refractivity (Wildman–Crippen MR) is 80.1 cm³/mol. The molecular formula is C12H17N2O6PS. The number of fused-ring (bicyclic) bond motifs is 1. The Balaban J connectivity index is 1.87. The molecule has 3 aliphatic rings. The first-order valence-electron chi connectivity index (χ1n) is 6.60. The second-order valence-corrected chi connectivity index (χ2v) is 8.45. The predicted octanol–water partition coefficient (Wildman–Crippen LogP) is 0.801. The maximum absolute atomic E-state index is 12.1. The second kappa shape index (κ2) is 5.38. The van der Waals surface area contributed by atoms with Crippen molar-refractivity contribution in [3.8, 4) is 0 Å². The first-order chi connectivity index (χ1) is 10.3. The van der Waals surface area contributed by atoms with E-state index in [1.165, 1.54) is 25.1 Å². The van der Waals surface area contributed by atoms with Crippen molar-refractivity contribution >= 4 is 24.6 Å². The topological polar surface area (TPSA) is 89.5 Å². The Morgan fingerprint density at radius 1 is 1.68 bits per heavy atom. The van der Waals surface area contributed by atoms with E-state index in [0.717, 1.165) is 0 Å². The molecule has 3 heterocycles. The first kappa shape index (κ1) is 16.1. The molecule has 0 bridgehead atoms. The van der Waals surface area contributed by atoms with Gasteiger partial charge in [0.2, 0.25) is 0 Å². The first-order valence-corrected chi connectivity index (χ1v) is 9.15. The van der Waals surface area contributed by atoms with Gasteiger partial charge in [-0.25, -0.2) is 4.79 Å². The van der Waals surface area contributed by atoms with Gasteiger partial charge >= 0.3 is 12.7 Å². The number of rotatable bonds is 2. The van der Waals surface area contributed by atoms with E-state index in [-0.39, 0.29) is 6.61 Å². The Hall–Kier alpha value is -0.800. The highest BCUT2D eigenvalue weighted by molar-refractivity contribution is 8.07. The Morgan fingerprint density at radius 2 is 2.41 bits per heavy atom. The van der Waals surface area contributed by atoms with Crippen LogP contribution in [0.5, 0.6) is 0 Å². The van der Waals surface area contributed by atoms with Crippen molar-refractivity contribution in [3.63, 3.8) is 0 Å². The zero-order chi connectivity index (χ0) is 16.1. The number of ether oxygens (including phenoxy) is 1. The van der Waals surface area contributed by atoms with Gasteiger partial charge in [0, 0.05) is 19.0 Å². The molecule has 10 heteroatoms. The quantitative estimate of drug-likeness (QED) is 0.714. The van der Waals surface area contributed by atoms with E-state index in [1.54, 1.807) is 6.08 Å². The molecule has 5 atom stereocenters. The van der Waals surface area contributed by atoms with Crippen LogP contribution in [0.15, 0.2) is 24.6 Å². The fourth-order valence-corrected chi connectivity index (χ4v) is 4.31. The molecule has 22 heavy (non-hydrogen) atoms. The van der Waals surface area contributed by atoms with Crippen LogP contribution in [-0.2, 0) is 30.1 Å². The third kappa shape index (κ3) is 2.52. The van der Waals surface area contributed by atoms with Crippen molar-refractivity contribution < 1.29 is 28.2 Å². The lowest BCUT2D eigenvalue weighted by molar-refractivity contribution is -0.101. The summed E-state index contributed by atoms with van der Waals surface area (Å²) in [4.78, 5) is 13.3. The van der Waals surface area contributed by atoms with Crippen LogP contribution in [0.2, 0.25) is 0 Å². The lowest BCUT2D eigenvalue weighted by Gasteiger charge is -2.38. The van der Waals surface area contributed by atoms with Crippen molar-refractivity contribution in [3.05, 3.63) is 24.6 Å². The summed E-state index contributed by atoms with van der Waals surface area (Å²) < 4.78 is 21.9. The lowest BCUT2D eigenvalue weighted by Crippen LogP contribution is -2.56. The third-order valence-corrected chi connectivity index (χ3v) is 6.19. The zero-order valence-electron chi connectivity index (χ0n) is 12.1. The van der Waals surface area contributed by atoms with E-state index in [0.29, 0.717) is 5.70 Å².